The van der Waals surface area contributed by atoms with Crippen molar-refractivity contribution in [3.05, 3.63) is 46.2 Å². The number of carbonyl (C=O) groups excluding carboxylic acids is 1. The fourth-order valence-electron chi connectivity index (χ4n) is 3.38. The molecule has 0 unspecified atom stereocenters. The number of hydrogen-bond acceptors (Lipinski definition) is 5. The molecular weight excluding hydrogens is 351 g/mol. The lowest BCUT2D eigenvalue weighted by molar-refractivity contribution is -0.130. The maximum Gasteiger partial charge on any atom is 0.222 e. The fourth-order valence-corrected chi connectivity index (χ4v) is 3.99. The third-order valence-corrected chi connectivity index (χ3v) is 5.56. The van der Waals surface area contributed by atoms with Crippen LogP contribution in [0.4, 0.5) is 4.39 Å². The van der Waals surface area contributed by atoms with Gasteiger partial charge in [-0.2, -0.15) is 0 Å². The van der Waals surface area contributed by atoms with Gasteiger partial charge in [-0.3, -0.25) is 14.7 Å². The van der Waals surface area contributed by atoms with Gasteiger partial charge in [-0.1, -0.05) is 6.07 Å². The first kappa shape index (κ1) is 18.9. The van der Waals surface area contributed by atoms with Crippen LogP contribution in [-0.4, -0.2) is 58.0 Å². The minimum atomic E-state index is -0.836. The molecule has 2 aromatic heterocycles. The van der Waals surface area contributed by atoms with Crippen molar-refractivity contribution in [2.24, 2.45) is 0 Å². The summed E-state index contributed by atoms with van der Waals surface area (Å²) in [5, 5.41) is 3.05. The molecule has 1 saturated heterocycles. The van der Waals surface area contributed by atoms with Crippen LogP contribution in [0.3, 0.4) is 0 Å². The van der Waals surface area contributed by atoms with E-state index >= 15 is 0 Å². The highest BCUT2D eigenvalue weighted by atomic mass is 32.1. The van der Waals surface area contributed by atoms with Crippen LogP contribution in [0.2, 0.25) is 0 Å². The minimum absolute atomic E-state index is 0.0378. The molecule has 26 heavy (non-hydrogen) atoms. The van der Waals surface area contributed by atoms with Crippen molar-refractivity contribution in [1.29, 1.82) is 0 Å². The van der Waals surface area contributed by atoms with Crippen LogP contribution >= 0.6 is 11.3 Å². The Morgan fingerprint density at radius 2 is 2.27 bits per heavy atom. The topological polar surface area (TPSA) is 49.3 Å². The second-order valence-electron chi connectivity index (χ2n) is 6.87. The number of likely N-dealkylation sites (N-methyl/N-ethyl adjacent to an activating group) is 1. The zero-order valence-corrected chi connectivity index (χ0v) is 16.1. The van der Waals surface area contributed by atoms with E-state index in [9.17, 15) is 9.18 Å². The van der Waals surface area contributed by atoms with Crippen LogP contribution in [0.25, 0.3) is 0 Å². The molecule has 0 saturated carbocycles. The number of alkyl halides is 1. The molecule has 1 fully saturated rings. The van der Waals surface area contributed by atoms with Crippen LogP contribution in [-0.2, 0) is 17.8 Å². The van der Waals surface area contributed by atoms with E-state index in [0.717, 1.165) is 16.4 Å². The maximum absolute atomic E-state index is 14.0. The number of thiazole rings is 1. The highest BCUT2D eigenvalue weighted by molar-refractivity contribution is 7.09. The summed E-state index contributed by atoms with van der Waals surface area (Å²) >= 11 is 1.61. The van der Waals surface area contributed by atoms with Gasteiger partial charge < -0.3 is 4.90 Å². The maximum atomic E-state index is 14.0. The van der Waals surface area contributed by atoms with Crippen LogP contribution in [0.1, 0.15) is 29.2 Å². The zero-order valence-electron chi connectivity index (χ0n) is 15.3. The molecule has 1 amide bonds. The first-order valence-electron chi connectivity index (χ1n) is 8.94. The Morgan fingerprint density at radius 1 is 1.42 bits per heavy atom. The van der Waals surface area contributed by atoms with E-state index in [1.165, 1.54) is 0 Å². The molecule has 5 nitrogen and oxygen atoms in total. The molecule has 0 spiro atoms. The molecule has 0 radical (unpaired) electrons. The minimum Gasteiger partial charge on any atom is -0.344 e. The van der Waals surface area contributed by atoms with Gasteiger partial charge in [0, 0.05) is 56.4 Å². The van der Waals surface area contributed by atoms with Crippen molar-refractivity contribution < 1.29 is 9.18 Å². The summed E-state index contributed by atoms with van der Waals surface area (Å²) < 4.78 is 14.0. The second-order valence-corrected chi connectivity index (χ2v) is 7.93. The number of nitrogens with zero attached hydrogens (tertiary/aromatic N) is 4. The highest BCUT2D eigenvalue weighted by Gasteiger charge is 2.33. The largest absolute Gasteiger partial charge is 0.344 e. The molecule has 2 atom stereocenters. The monoisotopic (exact) mass is 376 g/mol. The number of likely N-dealkylation sites (tertiary alicyclic amines) is 1. The van der Waals surface area contributed by atoms with Crippen molar-refractivity contribution in [2.45, 2.75) is 44.9 Å². The number of carbonyl (C=O) groups is 1. The van der Waals surface area contributed by atoms with Gasteiger partial charge in [-0.15, -0.1) is 11.3 Å². The third kappa shape index (κ3) is 5.08. The van der Waals surface area contributed by atoms with E-state index in [1.54, 1.807) is 29.5 Å². The summed E-state index contributed by atoms with van der Waals surface area (Å²) in [4.78, 5) is 25.0. The van der Waals surface area contributed by atoms with E-state index in [4.69, 9.17) is 0 Å². The number of rotatable bonds is 7. The summed E-state index contributed by atoms with van der Waals surface area (Å²) in [5.74, 6) is 0.0717. The SMILES string of the molecule is Cc1nc(CN2C[C@@H](F)C[C@H]2CN(C)C(=O)CCc2ccccn2)cs1. The van der Waals surface area contributed by atoms with Gasteiger partial charge in [0.05, 0.1) is 10.7 Å². The van der Waals surface area contributed by atoms with Gasteiger partial charge >= 0.3 is 0 Å². The summed E-state index contributed by atoms with van der Waals surface area (Å²) in [6, 6.07) is 5.75. The Bertz CT molecular complexity index is 723. The number of aryl methyl sites for hydroxylation is 2. The van der Waals surface area contributed by atoms with E-state index in [1.807, 2.05) is 30.5 Å². The highest BCUT2D eigenvalue weighted by Crippen LogP contribution is 2.24. The van der Waals surface area contributed by atoms with Gasteiger partial charge in [-0.25, -0.2) is 9.37 Å². The Kier molecular flexibility index (Phi) is 6.32. The van der Waals surface area contributed by atoms with E-state index in [2.05, 4.69) is 14.9 Å². The molecule has 7 heteroatoms. The molecule has 0 aromatic carbocycles. The van der Waals surface area contributed by atoms with Gasteiger partial charge in [0.25, 0.3) is 0 Å². The van der Waals surface area contributed by atoms with E-state index < -0.39 is 6.17 Å². The molecule has 0 N–H and O–H groups in total. The quantitative estimate of drug-likeness (QED) is 0.746. The average molecular weight is 377 g/mol. The first-order chi connectivity index (χ1) is 12.5. The predicted octanol–water partition coefficient (Wildman–Crippen LogP) is 2.85. The smallest absolute Gasteiger partial charge is 0.222 e. The number of amides is 1. The summed E-state index contributed by atoms with van der Waals surface area (Å²) in [6.07, 6.45) is 2.42. The van der Waals surface area contributed by atoms with E-state index in [-0.39, 0.29) is 11.9 Å². The van der Waals surface area contributed by atoms with Crippen molar-refractivity contribution in [2.75, 3.05) is 20.1 Å². The van der Waals surface area contributed by atoms with Gasteiger partial charge in [0.15, 0.2) is 0 Å². The molecule has 140 valence electrons. The molecule has 2 aromatic rings. The molecule has 3 heterocycles. The van der Waals surface area contributed by atoms with Gasteiger partial charge in [0.1, 0.15) is 6.17 Å². The standard InChI is InChI=1S/C19H25FN4OS/c1-14-22-17(13-26-14)11-24-10-15(20)9-18(24)12-23(2)19(25)7-6-16-5-3-4-8-21-16/h3-5,8,13,15,18H,6-7,9-12H2,1-2H3/t15-,18-/m0/s1. The predicted molar refractivity (Wildman–Crippen MR) is 101 cm³/mol. The van der Waals surface area contributed by atoms with Crippen molar-refractivity contribution in [3.63, 3.8) is 0 Å². The lowest BCUT2D eigenvalue weighted by Gasteiger charge is -2.28. The van der Waals surface area contributed by atoms with Gasteiger partial charge in [-0.05, 0) is 31.9 Å². The number of halogens is 1. The Balaban J connectivity index is 1.52. The number of aromatic nitrogens is 2. The number of hydrogen-bond donors (Lipinski definition) is 0. The third-order valence-electron chi connectivity index (χ3n) is 4.74. The molecule has 0 aliphatic carbocycles. The van der Waals surface area contributed by atoms with Crippen molar-refractivity contribution >= 4 is 17.2 Å². The molecular formula is C19H25FN4OS. The Morgan fingerprint density at radius 3 is 2.96 bits per heavy atom. The lowest BCUT2D eigenvalue weighted by Crippen LogP contribution is -2.41. The summed E-state index contributed by atoms with van der Waals surface area (Å²) in [5.41, 5.74) is 1.90. The lowest BCUT2D eigenvalue weighted by atomic mass is 10.1. The van der Waals surface area contributed by atoms with Crippen molar-refractivity contribution in [1.82, 2.24) is 19.8 Å². The normalized spacial score (nSPS) is 20.4. The van der Waals surface area contributed by atoms with Crippen LogP contribution in [0, 0.1) is 6.92 Å². The Hall–Kier alpha value is -1.86. The molecule has 0 bridgehead atoms. The van der Waals surface area contributed by atoms with Gasteiger partial charge in [0.2, 0.25) is 5.91 Å². The fraction of sp³-hybridized carbons (Fsp3) is 0.526. The zero-order chi connectivity index (χ0) is 18.5. The van der Waals surface area contributed by atoms with Crippen molar-refractivity contribution in [3.8, 4) is 0 Å². The summed E-state index contributed by atoms with van der Waals surface area (Å²) in [6.45, 7) is 3.58. The van der Waals surface area contributed by atoms with Crippen LogP contribution in [0.5, 0.6) is 0 Å². The average Bonchev–Trinajstić information content (AvgIpc) is 3.19. The summed E-state index contributed by atoms with van der Waals surface area (Å²) in [7, 11) is 1.80. The van der Waals surface area contributed by atoms with Crippen LogP contribution < -0.4 is 0 Å². The van der Waals surface area contributed by atoms with E-state index in [0.29, 0.717) is 38.9 Å². The van der Waals surface area contributed by atoms with Crippen LogP contribution in [0.15, 0.2) is 29.8 Å². The molecule has 1 aliphatic heterocycles. The Labute approximate surface area is 157 Å². The first-order valence-corrected chi connectivity index (χ1v) is 9.82. The molecule has 3 rings (SSSR count). The number of pyridine rings is 1. The molecule has 1 aliphatic rings. The second kappa shape index (κ2) is 8.68.